The second-order valence-electron chi connectivity index (χ2n) is 7.11. The van der Waals surface area contributed by atoms with Crippen LogP contribution in [0, 0.1) is 20.8 Å². The summed E-state index contributed by atoms with van der Waals surface area (Å²) in [4.78, 5) is 53.2. The number of benzene rings is 1. The number of carbonyl (C=O) groups is 2. The number of imidazole rings is 1. The summed E-state index contributed by atoms with van der Waals surface area (Å²) in [6, 6.07) is 3.81. The summed E-state index contributed by atoms with van der Waals surface area (Å²) in [5, 5.41) is 0. The fourth-order valence-corrected chi connectivity index (χ4v) is 3.54. The number of aromatic nitrogens is 4. The Morgan fingerprint density at radius 1 is 1.03 bits per heavy atom. The molecule has 0 spiro atoms. The molecular weight excluding hydrogens is 376 g/mol. The maximum Gasteiger partial charge on any atom is 0.332 e. The van der Waals surface area contributed by atoms with Crippen molar-refractivity contribution in [1.82, 2.24) is 18.7 Å². The van der Waals surface area contributed by atoms with Crippen molar-refractivity contribution in [3.8, 4) is 0 Å². The van der Waals surface area contributed by atoms with Gasteiger partial charge in [0, 0.05) is 19.7 Å². The van der Waals surface area contributed by atoms with Gasteiger partial charge in [-0.25, -0.2) is 9.78 Å². The summed E-state index contributed by atoms with van der Waals surface area (Å²) in [6.45, 7) is 4.93. The SMILES string of the molecule is Cc1cc(C)c(C(=O)COC(=O)Cn2cnc3c2c(=O)n(C)c(=O)n3C)c(C)c1. The van der Waals surface area contributed by atoms with Gasteiger partial charge in [0.15, 0.2) is 17.8 Å². The number of hydrogen-bond acceptors (Lipinski definition) is 6. The molecule has 0 saturated carbocycles. The third-order valence-corrected chi connectivity index (χ3v) is 4.84. The zero-order chi connectivity index (χ0) is 21.5. The van der Waals surface area contributed by atoms with Gasteiger partial charge in [-0.3, -0.25) is 23.5 Å². The van der Waals surface area contributed by atoms with Crippen LogP contribution in [-0.2, 0) is 30.2 Å². The topological polar surface area (TPSA) is 105 Å². The van der Waals surface area contributed by atoms with E-state index in [1.807, 2.05) is 32.9 Å². The molecule has 2 aromatic heterocycles. The molecule has 0 atom stereocenters. The van der Waals surface area contributed by atoms with Gasteiger partial charge in [-0.05, 0) is 31.9 Å². The molecule has 2 heterocycles. The predicted molar refractivity (Wildman–Crippen MR) is 106 cm³/mol. The van der Waals surface area contributed by atoms with E-state index in [1.165, 1.54) is 29.6 Å². The standard InChI is InChI=1S/C20H22N4O5/c1-11-6-12(2)16(13(3)7-11)14(25)9-29-15(26)8-24-10-21-18-17(24)19(27)23(5)20(28)22(18)4/h6-7,10H,8-9H2,1-5H3. The highest BCUT2D eigenvalue weighted by Gasteiger charge is 2.18. The molecule has 0 saturated heterocycles. The molecule has 9 nitrogen and oxygen atoms in total. The first-order valence-electron chi connectivity index (χ1n) is 8.99. The number of hydrogen-bond donors (Lipinski definition) is 0. The highest BCUT2D eigenvalue weighted by Crippen LogP contribution is 2.17. The Bertz CT molecular complexity index is 1240. The van der Waals surface area contributed by atoms with Crippen molar-refractivity contribution in [2.75, 3.05) is 6.61 Å². The van der Waals surface area contributed by atoms with Crippen molar-refractivity contribution in [2.24, 2.45) is 14.1 Å². The fraction of sp³-hybridized carbons (Fsp3) is 0.350. The number of aryl methyl sites for hydroxylation is 4. The molecule has 0 aliphatic carbocycles. The van der Waals surface area contributed by atoms with Crippen molar-refractivity contribution >= 4 is 22.9 Å². The molecular formula is C20H22N4O5. The van der Waals surface area contributed by atoms with Gasteiger partial charge in [0.25, 0.3) is 5.56 Å². The summed E-state index contributed by atoms with van der Waals surface area (Å²) in [5.41, 5.74) is 2.47. The van der Waals surface area contributed by atoms with Crippen LogP contribution in [0.25, 0.3) is 11.2 Å². The summed E-state index contributed by atoms with van der Waals surface area (Å²) >= 11 is 0. The highest BCUT2D eigenvalue weighted by molar-refractivity contribution is 6.00. The number of nitrogens with zero attached hydrogens (tertiary/aromatic N) is 4. The first-order chi connectivity index (χ1) is 13.6. The minimum atomic E-state index is -0.684. The largest absolute Gasteiger partial charge is 0.456 e. The van der Waals surface area contributed by atoms with E-state index in [1.54, 1.807) is 0 Å². The fourth-order valence-electron chi connectivity index (χ4n) is 3.54. The summed E-state index contributed by atoms with van der Waals surface area (Å²) in [7, 11) is 2.84. The van der Waals surface area contributed by atoms with Crippen molar-refractivity contribution in [3.63, 3.8) is 0 Å². The molecule has 0 bridgehead atoms. The number of esters is 1. The quantitative estimate of drug-likeness (QED) is 0.465. The molecule has 0 aliphatic heterocycles. The molecule has 0 N–H and O–H groups in total. The Morgan fingerprint density at radius 2 is 1.66 bits per heavy atom. The van der Waals surface area contributed by atoms with Gasteiger partial charge in [0.05, 0.1) is 6.33 Å². The smallest absolute Gasteiger partial charge is 0.332 e. The van der Waals surface area contributed by atoms with Gasteiger partial charge in [-0.2, -0.15) is 0 Å². The number of ether oxygens (including phenoxy) is 1. The minimum Gasteiger partial charge on any atom is -0.456 e. The lowest BCUT2D eigenvalue weighted by Crippen LogP contribution is -2.37. The number of ketones is 1. The highest BCUT2D eigenvalue weighted by atomic mass is 16.5. The number of rotatable bonds is 5. The lowest BCUT2D eigenvalue weighted by atomic mass is 9.97. The molecule has 0 amide bonds. The van der Waals surface area contributed by atoms with Gasteiger partial charge >= 0.3 is 11.7 Å². The van der Waals surface area contributed by atoms with Crippen LogP contribution in [0.5, 0.6) is 0 Å². The Balaban J connectivity index is 1.78. The minimum absolute atomic E-state index is 0.114. The van der Waals surface area contributed by atoms with Crippen LogP contribution in [0.1, 0.15) is 27.0 Å². The molecule has 3 rings (SSSR count). The second-order valence-corrected chi connectivity index (χ2v) is 7.11. The number of carbonyl (C=O) groups excluding carboxylic acids is 2. The van der Waals surface area contributed by atoms with Crippen LogP contribution in [0.4, 0.5) is 0 Å². The van der Waals surface area contributed by atoms with E-state index in [0.29, 0.717) is 5.56 Å². The van der Waals surface area contributed by atoms with Crippen molar-refractivity contribution in [2.45, 2.75) is 27.3 Å². The van der Waals surface area contributed by atoms with Crippen molar-refractivity contribution in [3.05, 3.63) is 61.6 Å². The summed E-state index contributed by atoms with van der Waals surface area (Å²) in [6.07, 6.45) is 1.29. The van der Waals surface area contributed by atoms with E-state index in [-0.39, 0.29) is 23.5 Å². The normalized spacial score (nSPS) is 11.1. The molecule has 29 heavy (non-hydrogen) atoms. The molecule has 0 radical (unpaired) electrons. The zero-order valence-corrected chi connectivity index (χ0v) is 17.0. The van der Waals surface area contributed by atoms with E-state index in [9.17, 15) is 19.2 Å². The van der Waals surface area contributed by atoms with Crippen LogP contribution in [0.2, 0.25) is 0 Å². The van der Waals surface area contributed by atoms with E-state index < -0.39 is 23.8 Å². The van der Waals surface area contributed by atoms with E-state index in [2.05, 4.69) is 4.98 Å². The summed E-state index contributed by atoms with van der Waals surface area (Å²) in [5.74, 6) is -0.974. The Kier molecular flexibility index (Phi) is 5.23. The van der Waals surface area contributed by atoms with Crippen LogP contribution >= 0.6 is 0 Å². The first-order valence-corrected chi connectivity index (χ1v) is 8.99. The molecule has 152 valence electrons. The Hall–Kier alpha value is -3.49. The van der Waals surface area contributed by atoms with Crippen LogP contribution in [0.15, 0.2) is 28.0 Å². The van der Waals surface area contributed by atoms with Gasteiger partial charge in [-0.1, -0.05) is 17.7 Å². The van der Waals surface area contributed by atoms with Crippen LogP contribution < -0.4 is 11.2 Å². The third-order valence-electron chi connectivity index (χ3n) is 4.84. The zero-order valence-electron chi connectivity index (χ0n) is 17.0. The van der Waals surface area contributed by atoms with Gasteiger partial charge in [-0.15, -0.1) is 0 Å². The lowest BCUT2D eigenvalue weighted by molar-refractivity contribution is -0.143. The van der Waals surface area contributed by atoms with Crippen molar-refractivity contribution < 1.29 is 14.3 Å². The van der Waals surface area contributed by atoms with E-state index in [0.717, 1.165) is 21.3 Å². The van der Waals surface area contributed by atoms with E-state index in [4.69, 9.17) is 4.74 Å². The molecule has 0 aliphatic rings. The average molecular weight is 398 g/mol. The third kappa shape index (κ3) is 3.63. The molecule has 0 unspecified atom stereocenters. The Morgan fingerprint density at radius 3 is 2.28 bits per heavy atom. The van der Waals surface area contributed by atoms with Crippen molar-refractivity contribution in [1.29, 1.82) is 0 Å². The van der Waals surface area contributed by atoms with Gasteiger partial charge in [0.2, 0.25) is 5.78 Å². The maximum atomic E-state index is 12.5. The maximum absolute atomic E-state index is 12.5. The molecule has 0 fully saturated rings. The number of fused-ring (bicyclic) bond motifs is 1. The number of Topliss-reactive ketones (excluding diaryl/α,β-unsaturated/α-hetero) is 1. The van der Waals surface area contributed by atoms with Gasteiger partial charge in [0.1, 0.15) is 6.54 Å². The molecule has 1 aromatic carbocycles. The van der Waals surface area contributed by atoms with Crippen LogP contribution in [0.3, 0.4) is 0 Å². The first kappa shape index (κ1) is 20.2. The van der Waals surface area contributed by atoms with Crippen LogP contribution in [-0.4, -0.2) is 37.0 Å². The molecule has 9 heteroatoms. The lowest BCUT2D eigenvalue weighted by Gasteiger charge is -2.11. The van der Waals surface area contributed by atoms with E-state index >= 15 is 0 Å². The molecule has 3 aromatic rings. The van der Waals surface area contributed by atoms with Gasteiger partial charge < -0.3 is 9.30 Å². The average Bonchev–Trinajstić information content (AvgIpc) is 3.05. The predicted octanol–water partition coefficient (Wildman–Crippen LogP) is 0.785. The summed E-state index contributed by atoms with van der Waals surface area (Å²) < 4.78 is 8.61. The second kappa shape index (κ2) is 7.50. The Labute approximate surface area is 166 Å². The monoisotopic (exact) mass is 398 g/mol.